The minimum absolute atomic E-state index is 0.667. The molecule has 0 amide bonds. The minimum Gasteiger partial charge on any atom is -0.420 e. The van der Waals surface area contributed by atoms with E-state index in [4.69, 9.17) is 8.85 Å². The summed E-state index contributed by atoms with van der Waals surface area (Å²) in [7, 11) is 0.681. The van der Waals surface area contributed by atoms with E-state index in [0.717, 1.165) is 0 Å². The highest BCUT2D eigenvalue weighted by atomic mass is 32.2. The molecule has 0 aromatic carbocycles. The zero-order chi connectivity index (χ0) is 13.5. The third-order valence-corrected chi connectivity index (χ3v) is 12.7. The van der Waals surface area contributed by atoms with Crippen LogP contribution in [0.15, 0.2) is 0 Å². The lowest BCUT2D eigenvalue weighted by atomic mass is 10.4. The molecule has 0 bridgehead atoms. The molecule has 0 heterocycles. The molecular formula is C12H30O2SSi2. The average Bonchev–Trinajstić information content (AvgIpc) is 2.28. The fourth-order valence-electron chi connectivity index (χ4n) is 1.54. The molecule has 0 aliphatic carbocycles. The van der Waals surface area contributed by atoms with Gasteiger partial charge in [-0.05, 0) is 44.4 Å². The van der Waals surface area contributed by atoms with Crippen molar-refractivity contribution in [1.29, 1.82) is 0 Å². The van der Waals surface area contributed by atoms with Gasteiger partial charge in [0.25, 0.3) is 0 Å². The van der Waals surface area contributed by atoms with Gasteiger partial charge in [0.15, 0.2) is 16.6 Å². The second kappa shape index (κ2) is 7.99. The lowest BCUT2D eigenvalue weighted by Crippen LogP contribution is -2.47. The van der Waals surface area contributed by atoms with E-state index >= 15 is 0 Å². The number of thioether (sulfide) groups is 1. The zero-order valence-electron chi connectivity index (χ0n) is 12.6. The molecule has 0 saturated heterocycles. The Kier molecular flexibility index (Phi) is 8.32. The van der Waals surface area contributed by atoms with Crippen molar-refractivity contribution in [2.45, 2.75) is 56.9 Å². The van der Waals surface area contributed by atoms with Gasteiger partial charge in [-0.2, -0.15) is 11.8 Å². The maximum absolute atomic E-state index is 5.81. The van der Waals surface area contributed by atoms with Crippen LogP contribution >= 0.6 is 11.8 Å². The van der Waals surface area contributed by atoms with Crippen molar-refractivity contribution in [2.24, 2.45) is 0 Å². The van der Waals surface area contributed by atoms with Crippen LogP contribution in [0.4, 0.5) is 0 Å². The maximum atomic E-state index is 5.81. The van der Waals surface area contributed by atoms with Crippen molar-refractivity contribution >= 4 is 28.4 Å². The number of rotatable bonds is 9. The molecule has 0 radical (unpaired) electrons. The van der Waals surface area contributed by atoms with E-state index in [1.165, 1.54) is 24.6 Å². The van der Waals surface area contributed by atoms with Crippen molar-refractivity contribution < 1.29 is 8.85 Å². The molecule has 0 rings (SSSR count). The lowest BCUT2D eigenvalue weighted by molar-refractivity contribution is 0.391. The van der Waals surface area contributed by atoms with Gasteiger partial charge in [0.2, 0.25) is 0 Å². The van der Waals surface area contributed by atoms with Crippen LogP contribution in [0.5, 0.6) is 0 Å². The molecular weight excluding hydrogens is 264 g/mol. The summed E-state index contributed by atoms with van der Waals surface area (Å²) in [5.74, 6) is 1.26. The summed E-state index contributed by atoms with van der Waals surface area (Å²) < 4.78 is 11.5. The Bertz CT molecular complexity index is 211. The Morgan fingerprint density at radius 3 is 2.06 bits per heavy atom. The minimum atomic E-state index is -1.57. The largest absolute Gasteiger partial charge is 0.420 e. The molecule has 5 heteroatoms. The van der Waals surface area contributed by atoms with Crippen molar-refractivity contribution in [1.82, 2.24) is 0 Å². The molecule has 1 atom stereocenters. The van der Waals surface area contributed by atoms with E-state index < -0.39 is 16.6 Å². The fraction of sp³-hybridized carbons (Fsp3) is 1.00. The molecule has 0 aromatic heterocycles. The van der Waals surface area contributed by atoms with Gasteiger partial charge in [-0.25, -0.2) is 0 Å². The van der Waals surface area contributed by atoms with E-state index in [1.807, 2.05) is 14.2 Å². The summed E-state index contributed by atoms with van der Waals surface area (Å²) >= 11 is 2.11. The van der Waals surface area contributed by atoms with Crippen molar-refractivity contribution in [3.63, 3.8) is 0 Å². The van der Waals surface area contributed by atoms with E-state index in [2.05, 4.69) is 44.9 Å². The van der Waals surface area contributed by atoms with E-state index in [-0.39, 0.29) is 0 Å². The number of hydrogen-bond acceptors (Lipinski definition) is 3. The predicted molar refractivity (Wildman–Crippen MR) is 84.9 cm³/mol. The van der Waals surface area contributed by atoms with Crippen LogP contribution in [0.2, 0.25) is 32.2 Å². The van der Waals surface area contributed by atoms with Crippen LogP contribution in [0, 0.1) is 0 Å². The van der Waals surface area contributed by atoms with Crippen molar-refractivity contribution in [2.75, 3.05) is 20.0 Å². The second-order valence-electron chi connectivity index (χ2n) is 5.69. The second-order valence-corrected chi connectivity index (χ2v) is 16.1. The van der Waals surface area contributed by atoms with Gasteiger partial charge in [0.1, 0.15) is 0 Å². The first kappa shape index (κ1) is 17.7. The molecule has 1 unspecified atom stereocenters. The quantitative estimate of drug-likeness (QED) is 0.470. The molecule has 0 spiro atoms. The first-order valence-corrected chi connectivity index (χ1v) is 13.7. The lowest BCUT2D eigenvalue weighted by Gasteiger charge is -2.34. The molecule has 0 aliphatic heterocycles. The van der Waals surface area contributed by atoms with Gasteiger partial charge in [-0.3, -0.25) is 0 Å². The normalized spacial score (nSPS) is 15.0. The standard InChI is InChI=1S/C12H30O2SSi2/c1-8-9-10-15-12(17(6,7)14-3)11-16(4,5)13-2/h12H,8-11H2,1-7H3. The van der Waals surface area contributed by atoms with Gasteiger partial charge < -0.3 is 8.85 Å². The van der Waals surface area contributed by atoms with Gasteiger partial charge in [0, 0.05) is 19.1 Å². The first-order chi connectivity index (χ1) is 7.79. The first-order valence-electron chi connectivity index (χ1n) is 6.51. The molecule has 0 aliphatic rings. The summed E-state index contributed by atoms with van der Waals surface area (Å²) in [4.78, 5) is 0.667. The summed E-state index contributed by atoms with van der Waals surface area (Å²) in [6.45, 7) is 11.5. The Labute approximate surface area is 114 Å². The number of unbranched alkanes of at least 4 members (excludes halogenated alkanes) is 1. The van der Waals surface area contributed by atoms with Crippen LogP contribution in [0.1, 0.15) is 19.8 Å². The Balaban J connectivity index is 4.51. The van der Waals surface area contributed by atoms with Crippen LogP contribution in [-0.4, -0.2) is 41.5 Å². The van der Waals surface area contributed by atoms with Crippen LogP contribution in [-0.2, 0) is 8.85 Å². The Morgan fingerprint density at radius 1 is 1.06 bits per heavy atom. The molecule has 0 fully saturated rings. The highest BCUT2D eigenvalue weighted by Gasteiger charge is 2.38. The third-order valence-electron chi connectivity index (χ3n) is 3.35. The summed E-state index contributed by atoms with van der Waals surface area (Å²) in [6.07, 6.45) is 2.59. The molecule has 0 saturated carbocycles. The SMILES string of the molecule is CCCCSC(C[Si](C)(C)OC)[Si](C)(C)OC. The molecule has 2 nitrogen and oxygen atoms in total. The number of hydrogen-bond donors (Lipinski definition) is 0. The molecule has 104 valence electrons. The molecule has 0 aromatic rings. The fourth-order valence-corrected chi connectivity index (χ4v) is 11.0. The topological polar surface area (TPSA) is 18.5 Å². The Hall–Kier alpha value is 0.704. The smallest absolute Gasteiger partial charge is 0.198 e. The highest BCUT2D eigenvalue weighted by Crippen LogP contribution is 2.31. The van der Waals surface area contributed by atoms with Gasteiger partial charge in [-0.1, -0.05) is 13.3 Å². The highest BCUT2D eigenvalue weighted by molar-refractivity contribution is 8.01. The van der Waals surface area contributed by atoms with E-state index in [9.17, 15) is 0 Å². The van der Waals surface area contributed by atoms with Gasteiger partial charge in [-0.15, -0.1) is 0 Å². The monoisotopic (exact) mass is 294 g/mol. The Morgan fingerprint density at radius 2 is 1.65 bits per heavy atom. The summed E-state index contributed by atoms with van der Waals surface area (Å²) in [5.41, 5.74) is 0. The van der Waals surface area contributed by atoms with Crippen molar-refractivity contribution in [3.8, 4) is 0 Å². The van der Waals surface area contributed by atoms with Crippen LogP contribution in [0.25, 0.3) is 0 Å². The zero-order valence-corrected chi connectivity index (χ0v) is 15.4. The van der Waals surface area contributed by atoms with Crippen LogP contribution in [0.3, 0.4) is 0 Å². The van der Waals surface area contributed by atoms with Gasteiger partial charge in [0.05, 0.1) is 0 Å². The van der Waals surface area contributed by atoms with E-state index in [1.54, 1.807) is 0 Å². The average molecular weight is 295 g/mol. The summed E-state index contributed by atoms with van der Waals surface area (Å²) in [5, 5.41) is 0. The molecule has 17 heavy (non-hydrogen) atoms. The van der Waals surface area contributed by atoms with E-state index in [0.29, 0.717) is 4.87 Å². The third kappa shape index (κ3) is 7.01. The van der Waals surface area contributed by atoms with Gasteiger partial charge >= 0.3 is 0 Å². The predicted octanol–water partition coefficient (Wildman–Crippen LogP) is 4.13. The molecule has 0 N–H and O–H groups in total. The maximum Gasteiger partial charge on any atom is 0.198 e. The summed E-state index contributed by atoms with van der Waals surface area (Å²) in [6, 6.07) is 1.21. The van der Waals surface area contributed by atoms with Crippen LogP contribution < -0.4 is 0 Å². The van der Waals surface area contributed by atoms with Crippen molar-refractivity contribution in [3.05, 3.63) is 0 Å².